The molecule has 1 unspecified atom stereocenters. The number of unbranched alkanes of at least 4 members (excludes halogenated alkanes) is 2. The van der Waals surface area contributed by atoms with Gasteiger partial charge < -0.3 is 29.4 Å². The van der Waals surface area contributed by atoms with Crippen molar-refractivity contribution in [3.63, 3.8) is 0 Å². The summed E-state index contributed by atoms with van der Waals surface area (Å²) in [6, 6.07) is 12.3. The van der Waals surface area contributed by atoms with E-state index >= 15 is 0 Å². The monoisotopic (exact) mass is 670 g/mol. The van der Waals surface area contributed by atoms with Crippen molar-refractivity contribution in [3.05, 3.63) is 55.1 Å². The molecule has 13 nitrogen and oxygen atoms in total. The lowest BCUT2D eigenvalue weighted by atomic mass is 10.1. The molecule has 5 rings (SSSR count). The van der Waals surface area contributed by atoms with Crippen LogP contribution in [0.15, 0.2) is 55.1 Å². The molecule has 1 saturated heterocycles. The highest BCUT2D eigenvalue weighted by Gasteiger charge is 2.37. The van der Waals surface area contributed by atoms with Gasteiger partial charge in [0.15, 0.2) is 11.5 Å². The molecule has 47 heavy (non-hydrogen) atoms. The van der Waals surface area contributed by atoms with Crippen molar-refractivity contribution in [2.45, 2.75) is 84.1 Å². The van der Waals surface area contributed by atoms with Crippen molar-refractivity contribution < 1.29 is 33.0 Å². The Kier molecular flexibility index (Phi) is 13.5. The number of imidazole rings is 1. The molecule has 1 aliphatic heterocycles. The minimum atomic E-state index is -4.10. The van der Waals surface area contributed by atoms with Crippen LogP contribution in [0.2, 0.25) is 0 Å². The van der Waals surface area contributed by atoms with Crippen molar-refractivity contribution in [1.82, 2.24) is 24.6 Å². The second kappa shape index (κ2) is 17.5. The summed E-state index contributed by atoms with van der Waals surface area (Å²) in [6.07, 6.45) is 7.21. The molecule has 1 fully saturated rings. The van der Waals surface area contributed by atoms with Gasteiger partial charge in [0.25, 0.3) is 0 Å². The number of hydrogen-bond acceptors (Lipinski definition) is 11. The first-order chi connectivity index (χ1) is 22.7. The molecule has 1 aliphatic rings. The molecule has 0 spiro atoms. The molecule has 0 radical (unpaired) electrons. The Morgan fingerprint density at radius 1 is 1.11 bits per heavy atom. The standard InChI is InChI=1S/C32H43N6O6P.CH4O/c1-4-5-8-16-41-32(39)27(17-22(2)3)37-45(40,44-28-13-9-11-23-10-6-7-12-26(23)28)42-19-25-15-14-24(43-25)18-38-21-36-29-30(33)34-20-35-31(29)38;1-2/h6-7,9-13,20-22,24-25,27H,4-5,8,14-19H2,1-3H3,(H,37,40)(H2,33,34,35);2H,1H3/t24-,25+,27+,45?;/m1./s1. The largest absolute Gasteiger partial charge is 0.465 e. The number of fused-ring (bicyclic) bond motifs is 2. The number of nitrogens with two attached hydrogens (primary N) is 1. The molecule has 0 saturated carbocycles. The predicted molar refractivity (Wildman–Crippen MR) is 181 cm³/mol. The van der Waals surface area contributed by atoms with Crippen molar-refractivity contribution in [1.29, 1.82) is 0 Å². The van der Waals surface area contributed by atoms with Gasteiger partial charge in [-0.15, -0.1) is 0 Å². The Hall–Kier alpha value is -3.61. The SMILES string of the molecule is CCCCCOC(=O)[C@H](CC(C)C)NP(=O)(OC[C@@H]1CC[C@H](Cn2cnc3c(N)ncnc32)O1)Oc1cccc2ccccc12.CO. The number of nitrogens with zero attached hydrogens (tertiary/aromatic N) is 4. The molecule has 0 aliphatic carbocycles. The van der Waals surface area contributed by atoms with Crippen LogP contribution in [0.3, 0.4) is 0 Å². The molecule has 0 bridgehead atoms. The van der Waals surface area contributed by atoms with E-state index in [1.54, 1.807) is 12.4 Å². The van der Waals surface area contributed by atoms with Gasteiger partial charge in [0, 0.05) is 12.5 Å². The molecule has 0 amide bonds. The van der Waals surface area contributed by atoms with E-state index in [-0.39, 0.29) is 24.7 Å². The summed E-state index contributed by atoms with van der Waals surface area (Å²) >= 11 is 0. The second-order valence-corrected chi connectivity index (χ2v) is 13.5. The number of carbonyl (C=O) groups excluding carboxylic acids is 1. The zero-order valence-corrected chi connectivity index (χ0v) is 28.5. The Balaban J connectivity index is 0.00000245. The highest BCUT2D eigenvalue weighted by Crippen LogP contribution is 2.47. The maximum Gasteiger partial charge on any atom is 0.459 e. The van der Waals surface area contributed by atoms with Crippen molar-refractivity contribution in [3.8, 4) is 5.75 Å². The normalized spacial score (nSPS) is 18.1. The molecule has 4 atom stereocenters. The lowest BCUT2D eigenvalue weighted by Crippen LogP contribution is -2.39. The van der Waals surface area contributed by atoms with Crippen LogP contribution in [0.1, 0.15) is 59.3 Å². The molecule has 4 N–H and O–H groups in total. The minimum absolute atomic E-state index is 0.00524. The van der Waals surface area contributed by atoms with Crippen LogP contribution in [0.5, 0.6) is 5.75 Å². The summed E-state index contributed by atoms with van der Waals surface area (Å²) in [5.74, 6) is 0.365. The highest BCUT2D eigenvalue weighted by molar-refractivity contribution is 7.52. The fraction of sp³-hybridized carbons (Fsp3) is 0.515. The van der Waals surface area contributed by atoms with E-state index in [4.69, 9.17) is 29.4 Å². The summed E-state index contributed by atoms with van der Waals surface area (Å²) in [6.45, 7) is 6.90. The minimum Gasteiger partial charge on any atom is -0.465 e. The Labute approximate surface area is 275 Å². The summed E-state index contributed by atoms with van der Waals surface area (Å²) in [7, 11) is -3.10. The van der Waals surface area contributed by atoms with E-state index in [1.807, 2.05) is 54.8 Å². The van der Waals surface area contributed by atoms with E-state index in [1.165, 1.54) is 6.33 Å². The number of esters is 1. The van der Waals surface area contributed by atoms with Crippen LogP contribution >= 0.6 is 7.75 Å². The van der Waals surface area contributed by atoms with Gasteiger partial charge in [0.2, 0.25) is 0 Å². The van der Waals surface area contributed by atoms with Gasteiger partial charge in [0.05, 0.1) is 38.3 Å². The molecule has 4 aromatic rings. The summed E-state index contributed by atoms with van der Waals surface area (Å²) < 4.78 is 40.5. The lowest BCUT2D eigenvalue weighted by molar-refractivity contribution is -0.146. The summed E-state index contributed by atoms with van der Waals surface area (Å²) in [4.78, 5) is 25.8. The maximum absolute atomic E-state index is 14.5. The number of aliphatic hydroxyl groups is 1. The summed E-state index contributed by atoms with van der Waals surface area (Å²) in [5.41, 5.74) is 7.12. The molecular formula is C33H47N6O7P. The van der Waals surface area contributed by atoms with Gasteiger partial charge in [-0.2, -0.15) is 5.09 Å². The average Bonchev–Trinajstić information content (AvgIpc) is 3.70. The zero-order chi connectivity index (χ0) is 33.8. The number of carbonyl (C=O) groups is 1. The van der Waals surface area contributed by atoms with E-state index in [0.717, 1.165) is 43.6 Å². The first kappa shape index (κ1) is 36.2. The molecule has 256 valence electrons. The maximum atomic E-state index is 14.5. The van der Waals surface area contributed by atoms with Crippen LogP contribution in [0.4, 0.5) is 5.82 Å². The van der Waals surface area contributed by atoms with E-state index in [0.29, 0.717) is 48.7 Å². The third-order valence-electron chi connectivity index (χ3n) is 7.72. The molecule has 3 heterocycles. The number of aromatic nitrogens is 4. The van der Waals surface area contributed by atoms with Gasteiger partial charge >= 0.3 is 13.7 Å². The van der Waals surface area contributed by atoms with Gasteiger partial charge in [0.1, 0.15) is 23.6 Å². The Morgan fingerprint density at radius 2 is 1.87 bits per heavy atom. The summed E-state index contributed by atoms with van der Waals surface area (Å²) in [5, 5.41) is 11.7. The number of anilines is 1. The quantitative estimate of drug-likeness (QED) is 0.0760. The van der Waals surface area contributed by atoms with Crippen LogP contribution < -0.4 is 15.3 Å². The van der Waals surface area contributed by atoms with Crippen molar-refractivity contribution >= 4 is 41.5 Å². The van der Waals surface area contributed by atoms with Gasteiger partial charge in [-0.05, 0) is 43.1 Å². The number of rotatable bonds is 16. The van der Waals surface area contributed by atoms with Gasteiger partial charge in [-0.1, -0.05) is 70.0 Å². The van der Waals surface area contributed by atoms with Crippen molar-refractivity contribution in [2.75, 3.05) is 26.1 Å². The Morgan fingerprint density at radius 3 is 2.66 bits per heavy atom. The second-order valence-electron chi connectivity index (χ2n) is 11.8. The number of nitrogens with one attached hydrogen (secondary N) is 1. The number of benzene rings is 2. The zero-order valence-electron chi connectivity index (χ0n) is 27.6. The third-order valence-corrected chi connectivity index (χ3v) is 9.28. The van der Waals surface area contributed by atoms with Crippen molar-refractivity contribution in [2.24, 2.45) is 5.92 Å². The van der Waals surface area contributed by atoms with Gasteiger partial charge in [-0.3, -0.25) is 9.32 Å². The Bertz CT molecular complexity index is 1630. The van der Waals surface area contributed by atoms with Crippen LogP contribution in [0.25, 0.3) is 21.9 Å². The third kappa shape index (κ3) is 9.94. The number of ether oxygens (including phenoxy) is 2. The smallest absolute Gasteiger partial charge is 0.459 e. The van der Waals surface area contributed by atoms with Crippen LogP contribution in [-0.2, 0) is 29.9 Å². The van der Waals surface area contributed by atoms with E-state index < -0.39 is 19.8 Å². The van der Waals surface area contributed by atoms with E-state index in [9.17, 15) is 9.36 Å². The first-order valence-electron chi connectivity index (χ1n) is 16.1. The molecule has 2 aromatic carbocycles. The lowest BCUT2D eigenvalue weighted by Gasteiger charge is -2.27. The molecule has 14 heteroatoms. The highest BCUT2D eigenvalue weighted by atomic mass is 31.2. The van der Waals surface area contributed by atoms with Crippen LogP contribution in [0, 0.1) is 5.92 Å². The fourth-order valence-corrected chi connectivity index (χ4v) is 7.01. The number of nitrogen functional groups attached to an aromatic ring is 1. The average molecular weight is 671 g/mol. The number of aliphatic hydroxyl groups excluding tert-OH is 1. The topological polar surface area (TPSA) is 173 Å². The molecular weight excluding hydrogens is 623 g/mol. The first-order valence-corrected chi connectivity index (χ1v) is 17.7. The predicted octanol–water partition coefficient (Wildman–Crippen LogP) is 5.66. The number of hydrogen-bond donors (Lipinski definition) is 3. The molecule has 2 aromatic heterocycles. The fourth-order valence-electron chi connectivity index (χ4n) is 5.45. The van der Waals surface area contributed by atoms with E-state index in [2.05, 4.69) is 27.0 Å². The van der Waals surface area contributed by atoms with Crippen LogP contribution in [-0.4, -0.2) is 69.2 Å². The van der Waals surface area contributed by atoms with Gasteiger partial charge in [-0.25, -0.2) is 19.5 Å².